The summed E-state index contributed by atoms with van der Waals surface area (Å²) in [4.78, 5) is 0. The molecule has 0 nitrogen and oxygen atoms in total. The Kier molecular flexibility index (Phi) is 4.20. The van der Waals surface area contributed by atoms with Gasteiger partial charge in [0.2, 0.25) is 0 Å². The van der Waals surface area contributed by atoms with Gasteiger partial charge >= 0.3 is 0 Å². The molecule has 0 aromatic carbocycles. The maximum atomic E-state index is 2.49. The fourth-order valence-electron chi connectivity index (χ4n) is 3.05. The second-order valence-corrected chi connectivity index (χ2v) is 7.32. The first-order valence-electron chi connectivity index (χ1n) is 6.91. The van der Waals surface area contributed by atoms with Crippen LogP contribution in [0.3, 0.4) is 0 Å². The normalized spacial score (nSPS) is 25.5. The first kappa shape index (κ1) is 14.1. The van der Waals surface area contributed by atoms with Gasteiger partial charge in [-0.3, -0.25) is 0 Å². The zero-order valence-corrected chi connectivity index (χ0v) is 14.1. The van der Waals surface area contributed by atoms with Crippen LogP contribution in [0.2, 0.25) is 0 Å². The van der Waals surface area contributed by atoms with Gasteiger partial charge in [-0.1, -0.05) is 49.6 Å². The van der Waals surface area contributed by atoms with Crippen LogP contribution >= 0.6 is 22.6 Å². The van der Waals surface area contributed by atoms with Crippen LogP contribution in [0.4, 0.5) is 0 Å². The number of halogens is 1. The van der Waals surface area contributed by atoms with Crippen LogP contribution in [0.5, 0.6) is 0 Å². The van der Waals surface area contributed by atoms with Gasteiger partial charge in [0.15, 0.2) is 0 Å². The highest BCUT2D eigenvalue weighted by Crippen LogP contribution is 2.51. The summed E-state index contributed by atoms with van der Waals surface area (Å²) in [6, 6.07) is 0. The van der Waals surface area contributed by atoms with Crippen molar-refractivity contribution < 1.29 is 0 Å². The lowest BCUT2D eigenvalue weighted by atomic mass is 9.80. The van der Waals surface area contributed by atoms with E-state index >= 15 is 0 Å². The molecule has 0 N–H and O–H groups in total. The Bertz CT molecular complexity index is 470. The van der Waals surface area contributed by atoms with Gasteiger partial charge in [-0.25, -0.2) is 0 Å². The van der Waals surface area contributed by atoms with Crippen LogP contribution in [0.15, 0.2) is 44.1 Å². The van der Waals surface area contributed by atoms with E-state index in [0.717, 1.165) is 6.42 Å². The lowest BCUT2D eigenvalue weighted by Gasteiger charge is -2.25. The Labute approximate surface area is 125 Å². The van der Waals surface area contributed by atoms with Crippen molar-refractivity contribution in [1.29, 1.82) is 0 Å². The molecule has 98 valence electrons. The van der Waals surface area contributed by atoms with Gasteiger partial charge in [-0.05, 0) is 70.4 Å². The maximum absolute atomic E-state index is 2.49. The summed E-state index contributed by atoms with van der Waals surface area (Å²) >= 11 is 2.49. The molecule has 0 amide bonds. The van der Waals surface area contributed by atoms with Gasteiger partial charge in [0.05, 0.1) is 0 Å². The van der Waals surface area contributed by atoms with E-state index in [4.69, 9.17) is 0 Å². The third-order valence-corrected chi connectivity index (χ3v) is 5.01. The van der Waals surface area contributed by atoms with Crippen molar-refractivity contribution in [1.82, 2.24) is 0 Å². The summed E-state index contributed by atoms with van der Waals surface area (Å²) in [7, 11) is 0. The van der Waals surface area contributed by atoms with Crippen molar-refractivity contribution in [2.24, 2.45) is 5.41 Å². The van der Waals surface area contributed by atoms with Gasteiger partial charge < -0.3 is 0 Å². The smallest absolute Gasteiger partial charge is 0.0111 e. The molecule has 2 rings (SSSR count). The Hall–Kier alpha value is -0.310. The van der Waals surface area contributed by atoms with E-state index in [1.807, 2.05) is 0 Å². The average Bonchev–Trinajstić information content (AvgIpc) is 2.52. The molecule has 0 aliphatic heterocycles. The zero-order valence-electron chi connectivity index (χ0n) is 11.9. The van der Waals surface area contributed by atoms with E-state index < -0.39 is 0 Å². The van der Waals surface area contributed by atoms with Crippen molar-refractivity contribution >= 4 is 22.6 Å². The molecule has 0 fully saturated rings. The van der Waals surface area contributed by atoms with Crippen molar-refractivity contribution in [3.63, 3.8) is 0 Å². The standard InChI is InChI=1S/C17H23I/c1-5-6-12(2)9-14-10-13-7-8-15(18)11-16(13)17(14,3)4/h6,9,11H,5,7-8,10H2,1-4H3/b12-6-,14-9+. The highest BCUT2D eigenvalue weighted by Gasteiger charge is 2.36. The molecule has 1 heteroatoms. The summed E-state index contributed by atoms with van der Waals surface area (Å²) in [5, 5.41) is 0. The van der Waals surface area contributed by atoms with Crippen molar-refractivity contribution in [2.45, 2.75) is 53.4 Å². The Balaban J connectivity index is 2.34. The summed E-state index contributed by atoms with van der Waals surface area (Å²) in [5.41, 5.74) is 6.51. The summed E-state index contributed by atoms with van der Waals surface area (Å²) < 4.78 is 1.52. The molecule has 0 saturated carbocycles. The SMILES string of the molecule is CC/C=C(C)\C=C1/CC2=C(C=C(I)CC2)C1(C)C. The van der Waals surface area contributed by atoms with Crippen LogP contribution in [-0.2, 0) is 0 Å². The second-order valence-electron chi connectivity index (χ2n) is 5.94. The summed E-state index contributed by atoms with van der Waals surface area (Å²) in [5.74, 6) is 0. The first-order chi connectivity index (χ1) is 8.45. The predicted molar refractivity (Wildman–Crippen MR) is 88.9 cm³/mol. The van der Waals surface area contributed by atoms with E-state index in [2.05, 4.69) is 68.5 Å². The molecule has 0 unspecified atom stereocenters. The molecular weight excluding hydrogens is 331 g/mol. The topological polar surface area (TPSA) is 0 Å². The summed E-state index contributed by atoms with van der Waals surface area (Å²) in [6.07, 6.45) is 12.0. The Morgan fingerprint density at radius 2 is 2.11 bits per heavy atom. The number of hydrogen-bond acceptors (Lipinski definition) is 0. The molecule has 2 aliphatic carbocycles. The third kappa shape index (κ3) is 2.66. The fraction of sp³-hybridized carbons (Fsp3) is 0.529. The van der Waals surface area contributed by atoms with Crippen LogP contribution in [0, 0.1) is 5.41 Å². The number of rotatable bonds is 2. The highest BCUT2D eigenvalue weighted by molar-refractivity contribution is 14.1. The minimum Gasteiger partial charge on any atom is -0.0819 e. The first-order valence-corrected chi connectivity index (χ1v) is 7.99. The van der Waals surface area contributed by atoms with Gasteiger partial charge in [0.25, 0.3) is 0 Å². The second kappa shape index (κ2) is 5.36. The fourth-order valence-corrected chi connectivity index (χ4v) is 3.63. The molecule has 2 aliphatic rings. The molecule has 0 saturated heterocycles. The van der Waals surface area contributed by atoms with Crippen LogP contribution in [0.1, 0.15) is 53.4 Å². The van der Waals surface area contributed by atoms with Crippen molar-refractivity contribution in [3.8, 4) is 0 Å². The van der Waals surface area contributed by atoms with Crippen molar-refractivity contribution in [3.05, 3.63) is 44.1 Å². The number of hydrogen-bond donors (Lipinski definition) is 0. The van der Waals surface area contributed by atoms with E-state index in [1.165, 1.54) is 28.4 Å². The van der Waals surface area contributed by atoms with Gasteiger partial charge in [-0.15, -0.1) is 0 Å². The largest absolute Gasteiger partial charge is 0.0819 e. The molecule has 18 heavy (non-hydrogen) atoms. The average molecular weight is 354 g/mol. The number of allylic oxidation sites excluding steroid dienone is 8. The molecule has 0 aromatic rings. The molecule has 0 atom stereocenters. The maximum Gasteiger partial charge on any atom is 0.0111 e. The zero-order chi connectivity index (χ0) is 13.3. The van der Waals surface area contributed by atoms with Crippen molar-refractivity contribution in [2.75, 3.05) is 0 Å². The summed E-state index contributed by atoms with van der Waals surface area (Å²) in [6.45, 7) is 9.19. The van der Waals surface area contributed by atoms with Gasteiger partial charge in [0.1, 0.15) is 0 Å². The quantitative estimate of drug-likeness (QED) is 0.525. The third-order valence-electron chi connectivity index (χ3n) is 4.16. The Morgan fingerprint density at radius 1 is 1.39 bits per heavy atom. The molecular formula is C17H23I. The van der Waals surface area contributed by atoms with Gasteiger partial charge in [-0.2, -0.15) is 0 Å². The minimum atomic E-state index is 0.231. The van der Waals surface area contributed by atoms with Gasteiger partial charge in [0, 0.05) is 5.41 Å². The lowest BCUT2D eigenvalue weighted by Crippen LogP contribution is -2.13. The molecule has 0 spiro atoms. The van der Waals surface area contributed by atoms with E-state index in [0.29, 0.717) is 0 Å². The highest BCUT2D eigenvalue weighted by atomic mass is 127. The van der Waals surface area contributed by atoms with E-state index in [-0.39, 0.29) is 5.41 Å². The molecule has 0 aromatic heterocycles. The minimum absolute atomic E-state index is 0.231. The van der Waals surface area contributed by atoms with E-state index in [1.54, 1.807) is 16.7 Å². The van der Waals surface area contributed by atoms with E-state index in [9.17, 15) is 0 Å². The Morgan fingerprint density at radius 3 is 2.78 bits per heavy atom. The predicted octanol–water partition coefficient (Wildman–Crippen LogP) is 6.11. The van der Waals surface area contributed by atoms with Crippen LogP contribution < -0.4 is 0 Å². The molecule has 0 bridgehead atoms. The molecule has 0 heterocycles. The monoisotopic (exact) mass is 354 g/mol. The van der Waals surface area contributed by atoms with Crippen LogP contribution in [0.25, 0.3) is 0 Å². The van der Waals surface area contributed by atoms with Crippen LogP contribution in [-0.4, -0.2) is 0 Å². The lowest BCUT2D eigenvalue weighted by molar-refractivity contribution is 0.565. The molecule has 0 radical (unpaired) electrons.